The summed E-state index contributed by atoms with van der Waals surface area (Å²) in [5, 5.41) is 12.1. The Morgan fingerprint density at radius 1 is 1.40 bits per heavy atom. The summed E-state index contributed by atoms with van der Waals surface area (Å²) in [5.41, 5.74) is 0.740. The zero-order valence-electron chi connectivity index (χ0n) is 13.4. The van der Waals surface area contributed by atoms with Crippen LogP contribution in [0.5, 0.6) is 0 Å². The van der Waals surface area contributed by atoms with Gasteiger partial charge in [0.2, 0.25) is 12.4 Å². The Morgan fingerprint density at radius 3 is 2.88 bits per heavy atom. The van der Waals surface area contributed by atoms with Gasteiger partial charge in [-0.05, 0) is 13.8 Å². The number of hydrogen-bond donors (Lipinski definition) is 2. The lowest BCUT2D eigenvalue weighted by Crippen LogP contribution is -2.31. The zero-order valence-corrected chi connectivity index (χ0v) is 14.2. The maximum atomic E-state index is 10.7. The predicted octanol–water partition coefficient (Wildman–Crippen LogP) is 0.458. The van der Waals surface area contributed by atoms with Crippen molar-refractivity contribution in [3.05, 3.63) is 11.5 Å². The van der Waals surface area contributed by atoms with E-state index in [9.17, 15) is 9.90 Å². The normalized spacial score (nSPS) is 30.6. The third-order valence-electron chi connectivity index (χ3n) is 4.15. The highest BCUT2D eigenvalue weighted by Crippen LogP contribution is 2.43. The summed E-state index contributed by atoms with van der Waals surface area (Å²) in [5.74, 6) is -0.746. The number of imidazole rings is 1. The summed E-state index contributed by atoms with van der Waals surface area (Å²) in [4.78, 5) is 23.1. The first kappa shape index (κ1) is 16.6. The van der Waals surface area contributed by atoms with E-state index in [2.05, 4.69) is 20.3 Å². The highest BCUT2D eigenvalue weighted by atomic mass is 35.5. The SMILES string of the molecule is CC1(C)OC2C(CO)OC(n3cnc4c(Cl)nc(NC=O)nc43)C2O1. The minimum absolute atomic E-state index is 0.0476. The van der Waals surface area contributed by atoms with Crippen molar-refractivity contribution in [1.29, 1.82) is 0 Å². The Hall–Kier alpha value is -1.85. The number of anilines is 1. The molecule has 4 rings (SSSR count). The molecule has 2 aromatic heterocycles. The van der Waals surface area contributed by atoms with Crippen LogP contribution >= 0.6 is 11.6 Å². The van der Waals surface area contributed by atoms with Gasteiger partial charge in [-0.25, -0.2) is 4.98 Å². The van der Waals surface area contributed by atoms with Crippen molar-refractivity contribution in [1.82, 2.24) is 19.5 Å². The molecule has 10 nitrogen and oxygen atoms in total. The van der Waals surface area contributed by atoms with E-state index in [0.29, 0.717) is 17.6 Å². The molecule has 0 saturated carbocycles. The molecule has 11 heteroatoms. The number of aromatic nitrogens is 4. The Bertz CT molecular complexity index is 827. The second-order valence-corrected chi connectivity index (χ2v) is 6.59. The number of aliphatic hydroxyl groups is 1. The number of nitrogens with one attached hydrogen (secondary N) is 1. The van der Waals surface area contributed by atoms with E-state index >= 15 is 0 Å². The quantitative estimate of drug-likeness (QED) is 0.589. The van der Waals surface area contributed by atoms with Crippen LogP contribution in [-0.2, 0) is 19.0 Å². The number of halogens is 1. The number of hydrogen-bond acceptors (Lipinski definition) is 8. The number of nitrogens with zero attached hydrogens (tertiary/aromatic N) is 4. The summed E-state index contributed by atoms with van der Waals surface area (Å²) in [6.45, 7) is 3.39. The van der Waals surface area contributed by atoms with Crippen molar-refractivity contribution in [2.24, 2.45) is 0 Å². The number of carbonyl (C=O) groups excluding carboxylic acids is 1. The number of carbonyl (C=O) groups is 1. The number of ether oxygens (including phenoxy) is 3. The molecule has 2 aliphatic rings. The van der Waals surface area contributed by atoms with E-state index < -0.39 is 30.3 Å². The molecule has 0 aliphatic carbocycles. The Kier molecular flexibility index (Phi) is 3.89. The lowest BCUT2D eigenvalue weighted by Gasteiger charge is -2.24. The molecule has 4 atom stereocenters. The Balaban J connectivity index is 1.77. The van der Waals surface area contributed by atoms with Crippen LogP contribution in [0.15, 0.2) is 6.33 Å². The molecule has 25 heavy (non-hydrogen) atoms. The number of fused-ring (bicyclic) bond motifs is 2. The van der Waals surface area contributed by atoms with E-state index in [0.717, 1.165) is 0 Å². The second-order valence-electron chi connectivity index (χ2n) is 6.24. The average molecular weight is 370 g/mol. The molecule has 0 spiro atoms. The molecule has 2 aliphatic heterocycles. The maximum absolute atomic E-state index is 10.7. The molecule has 0 aromatic carbocycles. The zero-order chi connectivity index (χ0) is 17.8. The monoisotopic (exact) mass is 369 g/mol. The van der Waals surface area contributed by atoms with Gasteiger partial charge in [0.05, 0.1) is 12.9 Å². The Labute approximate surface area is 147 Å². The number of aliphatic hydroxyl groups excluding tert-OH is 1. The van der Waals surface area contributed by atoms with Gasteiger partial charge >= 0.3 is 0 Å². The summed E-state index contributed by atoms with van der Waals surface area (Å²) < 4.78 is 19.3. The summed E-state index contributed by atoms with van der Waals surface area (Å²) in [6.07, 6.45) is -0.0823. The van der Waals surface area contributed by atoms with Crippen LogP contribution in [0.3, 0.4) is 0 Å². The standard InChI is InChI=1S/C14H16ClN5O5/c1-14(2)24-8-6(3-21)23-12(9(8)25-14)20-4-16-7-10(15)18-13(17-5-22)19-11(7)20/h4-6,8-9,12,21H,3H2,1-2H3,(H,17,18,19,22). The lowest BCUT2D eigenvalue weighted by molar-refractivity contribution is -0.199. The van der Waals surface area contributed by atoms with Gasteiger partial charge in [-0.3, -0.25) is 14.7 Å². The van der Waals surface area contributed by atoms with Crippen molar-refractivity contribution in [2.75, 3.05) is 11.9 Å². The molecule has 0 bridgehead atoms. The molecule has 4 unspecified atom stereocenters. The predicted molar refractivity (Wildman–Crippen MR) is 84.8 cm³/mol. The third-order valence-corrected chi connectivity index (χ3v) is 4.41. The fourth-order valence-corrected chi connectivity index (χ4v) is 3.43. The molecule has 4 heterocycles. The molecule has 134 valence electrons. The van der Waals surface area contributed by atoms with E-state index in [1.807, 2.05) is 0 Å². The van der Waals surface area contributed by atoms with Crippen molar-refractivity contribution < 1.29 is 24.1 Å². The Morgan fingerprint density at radius 2 is 2.16 bits per heavy atom. The largest absolute Gasteiger partial charge is 0.394 e. The van der Waals surface area contributed by atoms with Gasteiger partial charge in [0.25, 0.3) is 0 Å². The minimum Gasteiger partial charge on any atom is -0.394 e. The van der Waals surface area contributed by atoms with Crippen LogP contribution in [0.2, 0.25) is 5.15 Å². The maximum Gasteiger partial charge on any atom is 0.232 e. The molecule has 0 radical (unpaired) electrons. The molecule has 2 N–H and O–H groups in total. The third kappa shape index (κ3) is 2.66. The molecule has 2 saturated heterocycles. The average Bonchev–Trinajstić information content (AvgIpc) is 3.18. The van der Waals surface area contributed by atoms with Crippen molar-refractivity contribution >= 4 is 35.1 Å². The lowest BCUT2D eigenvalue weighted by atomic mass is 10.1. The first-order valence-electron chi connectivity index (χ1n) is 7.66. The van der Waals surface area contributed by atoms with Gasteiger partial charge in [-0.15, -0.1) is 0 Å². The number of rotatable bonds is 4. The van der Waals surface area contributed by atoms with Crippen molar-refractivity contribution in [2.45, 2.75) is 44.2 Å². The van der Waals surface area contributed by atoms with Gasteiger partial charge in [0.15, 0.2) is 22.8 Å². The highest BCUT2D eigenvalue weighted by molar-refractivity contribution is 6.33. The van der Waals surface area contributed by atoms with E-state index in [4.69, 9.17) is 25.8 Å². The summed E-state index contributed by atoms with van der Waals surface area (Å²) in [6, 6.07) is 0. The van der Waals surface area contributed by atoms with Crippen LogP contribution < -0.4 is 5.32 Å². The van der Waals surface area contributed by atoms with Gasteiger partial charge < -0.3 is 19.3 Å². The molecule has 2 aromatic rings. The van der Waals surface area contributed by atoms with Crippen LogP contribution in [0, 0.1) is 0 Å². The molecule has 1 amide bonds. The first-order valence-corrected chi connectivity index (χ1v) is 8.03. The van der Waals surface area contributed by atoms with E-state index in [-0.39, 0.29) is 17.7 Å². The van der Waals surface area contributed by atoms with Crippen LogP contribution in [0.4, 0.5) is 5.95 Å². The minimum atomic E-state index is -0.794. The topological polar surface area (TPSA) is 121 Å². The van der Waals surface area contributed by atoms with Crippen molar-refractivity contribution in [3.8, 4) is 0 Å². The van der Waals surface area contributed by atoms with Crippen LogP contribution in [0.1, 0.15) is 20.1 Å². The van der Waals surface area contributed by atoms with Crippen LogP contribution in [-0.4, -0.2) is 61.7 Å². The molecular weight excluding hydrogens is 354 g/mol. The fourth-order valence-electron chi connectivity index (χ4n) is 3.22. The van der Waals surface area contributed by atoms with Crippen molar-refractivity contribution in [3.63, 3.8) is 0 Å². The number of amides is 1. The smallest absolute Gasteiger partial charge is 0.232 e. The molecule has 2 fully saturated rings. The van der Waals surface area contributed by atoms with E-state index in [1.54, 1.807) is 18.4 Å². The van der Waals surface area contributed by atoms with E-state index in [1.165, 1.54) is 6.33 Å². The second kappa shape index (κ2) is 5.85. The van der Waals surface area contributed by atoms with Gasteiger partial charge in [-0.1, -0.05) is 11.6 Å². The van der Waals surface area contributed by atoms with Gasteiger partial charge in [0, 0.05) is 0 Å². The summed E-state index contributed by atoms with van der Waals surface area (Å²) >= 11 is 6.11. The fraction of sp³-hybridized carbons (Fsp3) is 0.571. The highest BCUT2D eigenvalue weighted by Gasteiger charge is 2.56. The molecular formula is C14H16ClN5O5. The van der Waals surface area contributed by atoms with Crippen LogP contribution in [0.25, 0.3) is 11.2 Å². The van der Waals surface area contributed by atoms with Gasteiger partial charge in [-0.2, -0.15) is 9.97 Å². The summed E-state index contributed by atoms with van der Waals surface area (Å²) in [7, 11) is 0. The first-order chi connectivity index (χ1) is 11.9. The van der Waals surface area contributed by atoms with Gasteiger partial charge in [0.1, 0.15) is 23.8 Å².